The van der Waals surface area contributed by atoms with Crippen LogP contribution >= 0.6 is 0 Å². The third-order valence-corrected chi connectivity index (χ3v) is 5.02. The second-order valence-corrected chi connectivity index (χ2v) is 7.51. The van der Waals surface area contributed by atoms with E-state index in [9.17, 15) is 24.3 Å². The van der Waals surface area contributed by atoms with Crippen molar-refractivity contribution in [3.05, 3.63) is 36.0 Å². The molecule has 3 atom stereocenters. The van der Waals surface area contributed by atoms with E-state index in [2.05, 4.69) is 15.6 Å². The second kappa shape index (κ2) is 11.8. The SMILES string of the molecule is NCCCC[C@H](NC(=O)[C@@H](N)CC(=O)O)C(=O)N[C@@H](Cc1c[nH]c2ccccc12)C(=O)O. The summed E-state index contributed by atoms with van der Waals surface area (Å²) >= 11 is 0. The van der Waals surface area contributed by atoms with Crippen molar-refractivity contribution in [1.29, 1.82) is 0 Å². The van der Waals surface area contributed by atoms with Crippen LogP contribution in [0, 0.1) is 0 Å². The average Bonchev–Trinajstić information content (AvgIpc) is 3.14. The molecule has 0 fully saturated rings. The van der Waals surface area contributed by atoms with Gasteiger partial charge in [-0.05, 0) is 37.4 Å². The van der Waals surface area contributed by atoms with Gasteiger partial charge in [0.25, 0.3) is 0 Å². The van der Waals surface area contributed by atoms with Crippen LogP contribution < -0.4 is 22.1 Å². The molecule has 32 heavy (non-hydrogen) atoms. The summed E-state index contributed by atoms with van der Waals surface area (Å²) in [6.07, 6.45) is 2.43. The van der Waals surface area contributed by atoms with Crippen LogP contribution in [0.2, 0.25) is 0 Å². The van der Waals surface area contributed by atoms with Gasteiger partial charge in [-0.3, -0.25) is 14.4 Å². The summed E-state index contributed by atoms with van der Waals surface area (Å²) in [4.78, 5) is 50.7. The van der Waals surface area contributed by atoms with Gasteiger partial charge >= 0.3 is 11.9 Å². The first-order valence-electron chi connectivity index (χ1n) is 10.3. The van der Waals surface area contributed by atoms with Crippen LogP contribution in [0.4, 0.5) is 0 Å². The topological polar surface area (TPSA) is 201 Å². The number of hydrogen-bond acceptors (Lipinski definition) is 6. The molecule has 2 rings (SSSR count). The van der Waals surface area contributed by atoms with Crippen LogP contribution in [0.15, 0.2) is 30.5 Å². The van der Waals surface area contributed by atoms with Gasteiger partial charge < -0.3 is 37.3 Å². The number of nitrogens with two attached hydrogens (primary N) is 2. The summed E-state index contributed by atoms with van der Waals surface area (Å²) in [5.74, 6) is -3.96. The van der Waals surface area contributed by atoms with Crippen molar-refractivity contribution < 1.29 is 29.4 Å². The van der Waals surface area contributed by atoms with Crippen LogP contribution in [0.5, 0.6) is 0 Å². The van der Waals surface area contributed by atoms with Gasteiger partial charge in [-0.25, -0.2) is 4.79 Å². The van der Waals surface area contributed by atoms with Crippen LogP contribution in [0.3, 0.4) is 0 Å². The third kappa shape index (κ3) is 7.06. The summed E-state index contributed by atoms with van der Waals surface area (Å²) in [7, 11) is 0. The number of hydrogen-bond donors (Lipinski definition) is 7. The van der Waals surface area contributed by atoms with E-state index in [1.54, 1.807) is 6.20 Å². The quantitative estimate of drug-likeness (QED) is 0.203. The molecule has 0 radical (unpaired) electrons. The fraction of sp³-hybridized carbons (Fsp3) is 0.429. The molecule has 2 amide bonds. The molecule has 1 aromatic carbocycles. The van der Waals surface area contributed by atoms with Gasteiger partial charge in [-0.2, -0.15) is 0 Å². The molecule has 0 spiro atoms. The molecule has 0 saturated carbocycles. The molecule has 174 valence electrons. The van der Waals surface area contributed by atoms with Crippen molar-refractivity contribution in [3.63, 3.8) is 0 Å². The van der Waals surface area contributed by atoms with E-state index in [-0.39, 0.29) is 12.8 Å². The van der Waals surface area contributed by atoms with Gasteiger partial charge in [0.05, 0.1) is 12.5 Å². The Hall–Kier alpha value is -3.44. The molecule has 0 aliphatic carbocycles. The van der Waals surface area contributed by atoms with E-state index in [0.29, 0.717) is 19.4 Å². The number of carboxylic acid groups (broad SMARTS) is 2. The van der Waals surface area contributed by atoms with Crippen molar-refractivity contribution in [2.24, 2.45) is 11.5 Å². The maximum atomic E-state index is 12.8. The Labute approximate surface area is 184 Å². The van der Waals surface area contributed by atoms with Crippen LogP contribution in [-0.4, -0.2) is 63.6 Å². The maximum absolute atomic E-state index is 12.8. The van der Waals surface area contributed by atoms with Gasteiger partial charge in [0.15, 0.2) is 0 Å². The summed E-state index contributed by atoms with van der Waals surface area (Å²) in [5, 5.41) is 24.2. The number of carbonyl (C=O) groups excluding carboxylic acids is 2. The molecule has 11 nitrogen and oxygen atoms in total. The first-order valence-corrected chi connectivity index (χ1v) is 10.3. The van der Waals surface area contributed by atoms with Crippen LogP contribution in [-0.2, 0) is 25.6 Å². The highest BCUT2D eigenvalue weighted by Gasteiger charge is 2.29. The molecule has 0 aliphatic heterocycles. The van der Waals surface area contributed by atoms with Crippen molar-refractivity contribution in [2.75, 3.05) is 6.54 Å². The number of rotatable bonds is 13. The number of aliphatic carboxylic acids is 2. The smallest absolute Gasteiger partial charge is 0.326 e. The molecule has 1 aromatic heterocycles. The molecule has 0 unspecified atom stereocenters. The van der Waals surface area contributed by atoms with E-state index < -0.39 is 48.3 Å². The van der Waals surface area contributed by atoms with Gasteiger partial charge in [0, 0.05) is 23.5 Å². The van der Waals surface area contributed by atoms with E-state index >= 15 is 0 Å². The van der Waals surface area contributed by atoms with Crippen molar-refractivity contribution >= 4 is 34.7 Å². The number of amides is 2. The normalized spacial score (nSPS) is 13.8. The number of carbonyl (C=O) groups is 4. The molecule has 0 bridgehead atoms. The van der Waals surface area contributed by atoms with E-state index in [4.69, 9.17) is 16.6 Å². The van der Waals surface area contributed by atoms with Crippen molar-refractivity contribution in [3.8, 4) is 0 Å². The van der Waals surface area contributed by atoms with Gasteiger partial charge in [-0.1, -0.05) is 18.2 Å². The number of carboxylic acids is 2. The molecule has 0 aliphatic rings. The number of fused-ring (bicyclic) bond motifs is 1. The zero-order valence-corrected chi connectivity index (χ0v) is 17.5. The van der Waals surface area contributed by atoms with Crippen molar-refractivity contribution in [1.82, 2.24) is 15.6 Å². The Kier molecular flexibility index (Phi) is 9.17. The molecule has 1 heterocycles. The number of nitrogens with one attached hydrogen (secondary N) is 3. The van der Waals surface area contributed by atoms with Gasteiger partial charge in [-0.15, -0.1) is 0 Å². The highest BCUT2D eigenvalue weighted by Crippen LogP contribution is 2.19. The van der Waals surface area contributed by atoms with Crippen LogP contribution in [0.25, 0.3) is 10.9 Å². The Morgan fingerprint density at radius 3 is 2.34 bits per heavy atom. The second-order valence-electron chi connectivity index (χ2n) is 7.51. The van der Waals surface area contributed by atoms with E-state index in [0.717, 1.165) is 16.5 Å². The molecule has 11 heteroatoms. The number of unbranched alkanes of at least 4 members (excludes halogenated alkanes) is 1. The lowest BCUT2D eigenvalue weighted by Gasteiger charge is -2.22. The number of aromatic nitrogens is 1. The summed E-state index contributed by atoms with van der Waals surface area (Å²) < 4.78 is 0. The number of aromatic amines is 1. The minimum atomic E-state index is -1.33. The minimum absolute atomic E-state index is 0.0348. The fourth-order valence-corrected chi connectivity index (χ4v) is 3.31. The number of H-pyrrole nitrogens is 1. The molecular weight excluding hydrogens is 418 g/mol. The molecular formula is C21H29N5O6. The zero-order valence-electron chi connectivity index (χ0n) is 17.5. The lowest BCUT2D eigenvalue weighted by molar-refractivity contribution is -0.142. The lowest BCUT2D eigenvalue weighted by atomic mass is 10.0. The van der Waals surface area contributed by atoms with E-state index in [1.165, 1.54) is 0 Å². The van der Waals surface area contributed by atoms with Crippen LogP contribution in [0.1, 0.15) is 31.2 Å². The number of para-hydroxylation sites is 1. The fourth-order valence-electron chi connectivity index (χ4n) is 3.31. The van der Waals surface area contributed by atoms with Gasteiger partial charge in [0.1, 0.15) is 12.1 Å². The Balaban J connectivity index is 2.11. The maximum Gasteiger partial charge on any atom is 0.326 e. The van der Waals surface area contributed by atoms with E-state index in [1.807, 2.05) is 24.3 Å². The molecule has 9 N–H and O–H groups in total. The van der Waals surface area contributed by atoms with Gasteiger partial charge in [0.2, 0.25) is 11.8 Å². The summed E-state index contributed by atoms with van der Waals surface area (Å²) in [6.45, 7) is 0.388. The molecule has 0 saturated heterocycles. The first-order chi connectivity index (χ1) is 15.2. The highest BCUT2D eigenvalue weighted by molar-refractivity contribution is 5.93. The highest BCUT2D eigenvalue weighted by atomic mass is 16.4. The summed E-state index contributed by atoms with van der Waals surface area (Å²) in [5.41, 5.74) is 12.6. The summed E-state index contributed by atoms with van der Waals surface area (Å²) in [6, 6.07) is 3.75. The largest absolute Gasteiger partial charge is 0.481 e. The zero-order chi connectivity index (χ0) is 23.7. The minimum Gasteiger partial charge on any atom is -0.481 e. The third-order valence-electron chi connectivity index (χ3n) is 5.02. The number of benzene rings is 1. The first kappa shape index (κ1) is 24.8. The standard InChI is InChI=1S/C21H29N5O6/c22-8-4-3-7-16(25-19(29)14(23)10-18(27)28)20(30)26-17(21(31)32)9-12-11-24-15-6-2-1-5-13(12)15/h1-2,5-6,11,14,16-17,24H,3-4,7-10,22-23H2,(H,25,29)(H,26,30)(H,27,28)(H,31,32)/t14-,16-,17-/m0/s1. The lowest BCUT2D eigenvalue weighted by Crippen LogP contribution is -2.55. The Morgan fingerprint density at radius 2 is 1.69 bits per heavy atom. The monoisotopic (exact) mass is 447 g/mol. The average molecular weight is 447 g/mol. The molecule has 2 aromatic rings. The Bertz CT molecular complexity index is 959. The van der Waals surface area contributed by atoms with Crippen molar-refractivity contribution in [2.45, 2.75) is 50.2 Å². The Morgan fingerprint density at radius 1 is 1.00 bits per heavy atom. The predicted octanol–water partition coefficient (Wildman–Crippen LogP) is -0.304. The predicted molar refractivity (Wildman–Crippen MR) is 117 cm³/mol.